The second-order valence-corrected chi connectivity index (χ2v) is 5.11. The van der Waals surface area contributed by atoms with Gasteiger partial charge in [-0.15, -0.1) is 0 Å². The first-order chi connectivity index (χ1) is 7.72. The van der Waals surface area contributed by atoms with Crippen molar-refractivity contribution in [3.05, 3.63) is 30.1 Å². The van der Waals surface area contributed by atoms with Crippen LogP contribution in [0.5, 0.6) is 0 Å². The topological polar surface area (TPSA) is 36.4 Å². The fourth-order valence-electron chi connectivity index (χ4n) is 2.97. The van der Waals surface area contributed by atoms with E-state index in [1.165, 1.54) is 12.8 Å². The first-order valence-electron chi connectivity index (χ1n) is 6.07. The molecule has 2 unspecified atom stereocenters. The van der Waals surface area contributed by atoms with E-state index in [1.54, 1.807) is 12.4 Å². The molecule has 0 radical (unpaired) electrons. The lowest BCUT2D eigenvalue weighted by Crippen LogP contribution is -2.42. The lowest BCUT2D eigenvalue weighted by molar-refractivity contribution is -0.0895. The number of rotatable bonds is 2. The molecule has 0 bridgehead atoms. The van der Waals surface area contributed by atoms with Crippen molar-refractivity contribution in [1.29, 1.82) is 0 Å². The Kier molecular flexibility index (Phi) is 2.26. The zero-order chi connectivity index (χ0) is 11.2. The van der Waals surface area contributed by atoms with E-state index >= 15 is 0 Å². The van der Waals surface area contributed by atoms with Crippen LogP contribution >= 0.6 is 0 Å². The number of likely N-dealkylation sites (tertiary alicyclic amines) is 1. The van der Waals surface area contributed by atoms with Gasteiger partial charge in [0.2, 0.25) is 0 Å². The normalized spacial score (nSPS) is 35.5. The molecule has 1 saturated heterocycles. The van der Waals surface area contributed by atoms with Crippen LogP contribution in [0.1, 0.15) is 31.2 Å². The Balaban J connectivity index is 1.88. The highest BCUT2D eigenvalue weighted by molar-refractivity contribution is 5.20. The molecule has 1 aliphatic heterocycles. The van der Waals surface area contributed by atoms with Gasteiger partial charge in [0.1, 0.15) is 5.72 Å². The summed E-state index contributed by atoms with van der Waals surface area (Å²) in [6.45, 7) is 0. The van der Waals surface area contributed by atoms with Crippen molar-refractivity contribution in [3.8, 4) is 0 Å². The first-order valence-corrected chi connectivity index (χ1v) is 6.07. The van der Waals surface area contributed by atoms with Gasteiger partial charge in [0.15, 0.2) is 0 Å². The Bertz CT molecular complexity index is 377. The van der Waals surface area contributed by atoms with Crippen molar-refractivity contribution >= 4 is 0 Å². The second kappa shape index (κ2) is 3.54. The van der Waals surface area contributed by atoms with Crippen LogP contribution in [-0.2, 0) is 5.72 Å². The second-order valence-electron chi connectivity index (χ2n) is 5.11. The summed E-state index contributed by atoms with van der Waals surface area (Å²) in [5, 5.41) is 10.8. The molecule has 3 heteroatoms. The molecule has 1 aromatic heterocycles. The summed E-state index contributed by atoms with van der Waals surface area (Å²) in [6, 6.07) is 4.43. The van der Waals surface area contributed by atoms with E-state index in [0.29, 0.717) is 6.04 Å². The zero-order valence-electron chi connectivity index (χ0n) is 9.63. The molecule has 3 nitrogen and oxygen atoms in total. The Morgan fingerprint density at radius 2 is 2.25 bits per heavy atom. The van der Waals surface area contributed by atoms with Crippen LogP contribution in [0.25, 0.3) is 0 Å². The van der Waals surface area contributed by atoms with E-state index in [2.05, 4.69) is 9.88 Å². The number of nitrogens with zero attached hydrogens (tertiary/aromatic N) is 2. The highest BCUT2D eigenvalue weighted by atomic mass is 16.3. The molecule has 2 heterocycles. The monoisotopic (exact) mass is 218 g/mol. The van der Waals surface area contributed by atoms with E-state index in [1.807, 2.05) is 19.2 Å². The molecule has 2 atom stereocenters. The largest absolute Gasteiger partial charge is 0.371 e. The number of hydrogen-bond donors (Lipinski definition) is 1. The first kappa shape index (κ1) is 10.2. The summed E-state index contributed by atoms with van der Waals surface area (Å²) in [6.07, 6.45) is 8.13. The minimum atomic E-state index is -0.790. The number of aromatic nitrogens is 1. The molecule has 1 N–H and O–H groups in total. The predicted molar refractivity (Wildman–Crippen MR) is 61.6 cm³/mol. The predicted octanol–water partition coefficient (Wildman–Crippen LogP) is 1.73. The van der Waals surface area contributed by atoms with Crippen molar-refractivity contribution in [3.63, 3.8) is 0 Å². The maximum atomic E-state index is 10.8. The van der Waals surface area contributed by atoms with Crippen molar-refractivity contribution in [2.24, 2.45) is 5.92 Å². The van der Waals surface area contributed by atoms with E-state index in [4.69, 9.17) is 0 Å². The number of aliphatic hydroxyl groups is 1. The average Bonchev–Trinajstić information content (AvgIpc) is 3.10. The highest BCUT2D eigenvalue weighted by Crippen LogP contribution is 2.47. The van der Waals surface area contributed by atoms with E-state index in [9.17, 15) is 5.11 Å². The van der Waals surface area contributed by atoms with Gasteiger partial charge in [-0.1, -0.05) is 6.07 Å². The molecule has 16 heavy (non-hydrogen) atoms. The SMILES string of the molecule is CN1C(C2CC2)CCC1(O)c1cccnc1. The third-order valence-corrected chi connectivity index (χ3v) is 4.16. The summed E-state index contributed by atoms with van der Waals surface area (Å²) in [7, 11) is 2.04. The number of hydrogen-bond acceptors (Lipinski definition) is 3. The van der Waals surface area contributed by atoms with Crippen molar-refractivity contribution in [1.82, 2.24) is 9.88 Å². The molecule has 3 rings (SSSR count). The Labute approximate surface area is 96.1 Å². The van der Waals surface area contributed by atoms with Crippen LogP contribution < -0.4 is 0 Å². The van der Waals surface area contributed by atoms with Crippen LogP contribution in [0.2, 0.25) is 0 Å². The van der Waals surface area contributed by atoms with E-state index in [0.717, 1.165) is 24.3 Å². The van der Waals surface area contributed by atoms with Crippen LogP contribution in [0.15, 0.2) is 24.5 Å². The van der Waals surface area contributed by atoms with Crippen LogP contribution in [0.4, 0.5) is 0 Å². The van der Waals surface area contributed by atoms with Crippen molar-refractivity contribution in [2.75, 3.05) is 7.05 Å². The molecule has 0 aromatic carbocycles. The maximum Gasteiger partial charge on any atom is 0.146 e. The summed E-state index contributed by atoms with van der Waals surface area (Å²) in [5.74, 6) is 0.815. The van der Waals surface area contributed by atoms with Crippen molar-refractivity contribution < 1.29 is 5.11 Å². The quantitative estimate of drug-likeness (QED) is 0.821. The maximum absolute atomic E-state index is 10.8. The summed E-state index contributed by atoms with van der Waals surface area (Å²) in [5.41, 5.74) is 0.141. The van der Waals surface area contributed by atoms with Gasteiger partial charge < -0.3 is 5.11 Å². The highest BCUT2D eigenvalue weighted by Gasteiger charge is 2.48. The summed E-state index contributed by atoms with van der Waals surface area (Å²) in [4.78, 5) is 6.26. The third kappa shape index (κ3) is 1.46. The Morgan fingerprint density at radius 3 is 2.88 bits per heavy atom. The van der Waals surface area contributed by atoms with Gasteiger partial charge in [-0.3, -0.25) is 9.88 Å². The zero-order valence-corrected chi connectivity index (χ0v) is 9.63. The average molecular weight is 218 g/mol. The number of pyridine rings is 1. The standard InChI is InChI=1S/C13H18N2O/c1-15-12(10-4-5-10)6-7-13(15,16)11-3-2-8-14-9-11/h2-3,8-10,12,16H,4-7H2,1H3. The van der Waals surface area contributed by atoms with E-state index in [-0.39, 0.29) is 0 Å². The summed E-state index contributed by atoms with van der Waals surface area (Å²) < 4.78 is 0. The minimum absolute atomic E-state index is 0.560. The molecular weight excluding hydrogens is 200 g/mol. The molecule has 0 spiro atoms. The minimum Gasteiger partial charge on any atom is -0.371 e. The molecule has 0 amide bonds. The van der Waals surface area contributed by atoms with Gasteiger partial charge >= 0.3 is 0 Å². The van der Waals surface area contributed by atoms with Gasteiger partial charge in [0.05, 0.1) is 0 Å². The van der Waals surface area contributed by atoms with Gasteiger partial charge in [0.25, 0.3) is 0 Å². The van der Waals surface area contributed by atoms with Crippen LogP contribution in [0.3, 0.4) is 0 Å². The van der Waals surface area contributed by atoms with Gasteiger partial charge in [-0.2, -0.15) is 0 Å². The molecule has 1 aromatic rings. The fourth-order valence-corrected chi connectivity index (χ4v) is 2.97. The molecule has 1 saturated carbocycles. The lowest BCUT2D eigenvalue weighted by atomic mass is 10.0. The summed E-state index contributed by atoms with van der Waals surface area (Å²) >= 11 is 0. The van der Waals surface area contributed by atoms with Crippen LogP contribution in [-0.4, -0.2) is 28.1 Å². The molecule has 1 aliphatic carbocycles. The Hall–Kier alpha value is -0.930. The fraction of sp³-hybridized carbons (Fsp3) is 0.615. The Morgan fingerprint density at radius 1 is 1.44 bits per heavy atom. The third-order valence-electron chi connectivity index (χ3n) is 4.16. The molecular formula is C13H18N2O. The van der Waals surface area contributed by atoms with E-state index < -0.39 is 5.72 Å². The molecule has 2 fully saturated rings. The molecule has 2 aliphatic rings. The van der Waals surface area contributed by atoms with Crippen molar-refractivity contribution in [2.45, 2.75) is 37.5 Å². The van der Waals surface area contributed by atoms with Crippen LogP contribution in [0, 0.1) is 5.92 Å². The molecule has 86 valence electrons. The lowest BCUT2D eigenvalue weighted by Gasteiger charge is -2.34. The van der Waals surface area contributed by atoms with Gasteiger partial charge in [-0.05, 0) is 44.7 Å². The van der Waals surface area contributed by atoms with Gasteiger partial charge in [-0.25, -0.2) is 0 Å². The smallest absolute Gasteiger partial charge is 0.146 e. The van der Waals surface area contributed by atoms with Gasteiger partial charge in [0, 0.05) is 24.0 Å².